The summed E-state index contributed by atoms with van der Waals surface area (Å²) in [5, 5.41) is 6.13. The Morgan fingerprint density at radius 3 is 2.72 bits per heavy atom. The third kappa shape index (κ3) is 5.81. The summed E-state index contributed by atoms with van der Waals surface area (Å²) in [6.07, 6.45) is 4.33. The maximum absolute atomic E-state index is 13.5. The number of halogens is 1. The third-order valence-electron chi connectivity index (χ3n) is 5.68. The number of H-pyrrole nitrogens is 1. The molecule has 9 heteroatoms. The summed E-state index contributed by atoms with van der Waals surface area (Å²) < 4.78 is 19.0. The Kier molecular flexibility index (Phi) is 7.09. The molecular weight excluding hydrogens is 459 g/mol. The zero-order valence-corrected chi connectivity index (χ0v) is 19.5. The van der Waals surface area contributed by atoms with E-state index < -0.39 is 0 Å². The van der Waals surface area contributed by atoms with Crippen LogP contribution in [0.3, 0.4) is 0 Å². The minimum Gasteiger partial charge on any atom is -0.448 e. The second-order valence-electron chi connectivity index (χ2n) is 8.31. The van der Waals surface area contributed by atoms with Gasteiger partial charge in [-0.25, -0.2) is 14.4 Å². The molecule has 0 aliphatic rings. The van der Waals surface area contributed by atoms with E-state index in [1.54, 1.807) is 12.3 Å². The molecule has 0 unspecified atom stereocenters. The summed E-state index contributed by atoms with van der Waals surface area (Å²) in [5.41, 5.74) is 4.56. The third-order valence-corrected chi connectivity index (χ3v) is 5.68. The highest BCUT2D eigenvalue weighted by atomic mass is 19.1. The maximum atomic E-state index is 13.5. The van der Waals surface area contributed by atoms with Crippen LogP contribution >= 0.6 is 0 Å². The number of oxazole rings is 1. The predicted molar refractivity (Wildman–Crippen MR) is 134 cm³/mol. The fourth-order valence-corrected chi connectivity index (χ4v) is 3.85. The van der Waals surface area contributed by atoms with Gasteiger partial charge in [0.25, 0.3) is 5.91 Å². The molecule has 0 atom stereocenters. The van der Waals surface area contributed by atoms with Crippen molar-refractivity contribution in [3.8, 4) is 11.1 Å². The molecule has 8 nitrogen and oxygen atoms in total. The summed E-state index contributed by atoms with van der Waals surface area (Å²) in [5.74, 6) is 0.816. The number of fused-ring (bicyclic) bond motifs is 1. The van der Waals surface area contributed by atoms with E-state index in [9.17, 15) is 9.18 Å². The van der Waals surface area contributed by atoms with Gasteiger partial charge >= 0.3 is 0 Å². The molecule has 5 rings (SSSR count). The van der Waals surface area contributed by atoms with Crippen LogP contribution in [0.25, 0.3) is 22.2 Å². The lowest BCUT2D eigenvalue weighted by Gasteiger charge is -2.02. The predicted octanol–water partition coefficient (Wildman–Crippen LogP) is 4.06. The van der Waals surface area contributed by atoms with Crippen LogP contribution in [0.2, 0.25) is 0 Å². The lowest BCUT2D eigenvalue weighted by molar-refractivity contribution is 0.0945. The smallest absolute Gasteiger partial charge is 0.273 e. The molecule has 0 aliphatic carbocycles. The molecule has 3 aromatic heterocycles. The molecule has 0 saturated heterocycles. The van der Waals surface area contributed by atoms with Crippen LogP contribution in [0.4, 0.5) is 4.39 Å². The molecule has 0 bridgehead atoms. The first-order chi connectivity index (χ1) is 17.6. The highest BCUT2D eigenvalue weighted by Gasteiger charge is 2.12. The largest absolute Gasteiger partial charge is 0.448 e. The number of hydrogen-bond acceptors (Lipinski definition) is 6. The first-order valence-electron chi connectivity index (χ1n) is 11.7. The fraction of sp³-hybridized carbons (Fsp3) is 0.185. The Labute approximate surface area is 207 Å². The van der Waals surface area contributed by atoms with E-state index >= 15 is 0 Å². The molecule has 0 radical (unpaired) electrons. The highest BCUT2D eigenvalue weighted by molar-refractivity contribution is 5.91. The maximum Gasteiger partial charge on any atom is 0.273 e. The van der Waals surface area contributed by atoms with Crippen molar-refractivity contribution in [2.24, 2.45) is 0 Å². The van der Waals surface area contributed by atoms with Gasteiger partial charge in [-0.1, -0.05) is 24.3 Å². The molecular formula is C27H25FN6O2. The zero-order valence-electron chi connectivity index (χ0n) is 19.5. The van der Waals surface area contributed by atoms with Crippen molar-refractivity contribution >= 4 is 16.9 Å². The van der Waals surface area contributed by atoms with E-state index in [0.29, 0.717) is 31.9 Å². The van der Waals surface area contributed by atoms with Gasteiger partial charge in [0, 0.05) is 32.1 Å². The van der Waals surface area contributed by atoms with Gasteiger partial charge in [0.1, 0.15) is 17.9 Å². The van der Waals surface area contributed by atoms with Crippen molar-refractivity contribution < 1.29 is 13.6 Å². The molecule has 1 amide bonds. The van der Waals surface area contributed by atoms with Crippen molar-refractivity contribution in [2.45, 2.75) is 19.4 Å². The average molecular weight is 485 g/mol. The summed E-state index contributed by atoms with van der Waals surface area (Å²) in [4.78, 5) is 28.7. The molecule has 0 saturated carbocycles. The molecule has 36 heavy (non-hydrogen) atoms. The van der Waals surface area contributed by atoms with Gasteiger partial charge in [-0.15, -0.1) is 0 Å². The van der Waals surface area contributed by atoms with E-state index in [4.69, 9.17) is 4.42 Å². The van der Waals surface area contributed by atoms with E-state index in [1.807, 2.05) is 42.5 Å². The molecule has 0 fully saturated rings. The first-order valence-corrected chi connectivity index (χ1v) is 11.7. The Hall–Kier alpha value is -4.37. The molecule has 3 N–H and O–H groups in total. The first kappa shape index (κ1) is 23.4. The number of amides is 1. The van der Waals surface area contributed by atoms with Gasteiger partial charge in [-0.3, -0.25) is 9.78 Å². The van der Waals surface area contributed by atoms with Crippen molar-refractivity contribution in [1.29, 1.82) is 0 Å². The lowest BCUT2D eigenvalue weighted by atomic mass is 10.1. The molecule has 0 aliphatic heterocycles. The van der Waals surface area contributed by atoms with Crippen molar-refractivity contribution in [3.05, 3.63) is 102 Å². The van der Waals surface area contributed by atoms with Gasteiger partial charge in [-0.05, 0) is 47.5 Å². The fourth-order valence-electron chi connectivity index (χ4n) is 3.85. The highest BCUT2D eigenvalue weighted by Crippen LogP contribution is 2.24. The van der Waals surface area contributed by atoms with E-state index in [0.717, 1.165) is 40.1 Å². The number of nitrogens with zero attached hydrogens (tertiary/aromatic N) is 3. The number of benzene rings is 2. The summed E-state index contributed by atoms with van der Waals surface area (Å²) >= 11 is 0. The van der Waals surface area contributed by atoms with Crippen molar-refractivity contribution in [2.75, 3.05) is 13.1 Å². The van der Waals surface area contributed by atoms with Crippen molar-refractivity contribution in [3.63, 3.8) is 0 Å². The summed E-state index contributed by atoms with van der Waals surface area (Å²) in [6, 6.07) is 18.0. The number of rotatable bonds is 10. The Morgan fingerprint density at radius 2 is 1.86 bits per heavy atom. The minimum absolute atomic E-state index is 0.251. The van der Waals surface area contributed by atoms with E-state index in [2.05, 4.69) is 30.6 Å². The Bertz CT molecular complexity index is 1460. The van der Waals surface area contributed by atoms with Crippen LogP contribution < -0.4 is 10.6 Å². The van der Waals surface area contributed by atoms with Crippen LogP contribution in [0.5, 0.6) is 0 Å². The van der Waals surface area contributed by atoms with Crippen LogP contribution in [-0.4, -0.2) is 38.9 Å². The van der Waals surface area contributed by atoms with Gasteiger partial charge in [0.2, 0.25) is 0 Å². The number of hydrogen-bond donors (Lipinski definition) is 3. The molecule has 5 aromatic rings. The number of imidazole rings is 1. The van der Waals surface area contributed by atoms with E-state index in [-0.39, 0.29) is 17.4 Å². The average Bonchev–Trinajstić information content (AvgIpc) is 3.54. The number of aromatic amines is 1. The molecule has 3 heterocycles. The Balaban J connectivity index is 1.07. The molecule has 182 valence electrons. The van der Waals surface area contributed by atoms with Gasteiger partial charge in [0.05, 0.1) is 23.3 Å². The monoisotopic (exact) mass is 484 g/mol. The number of carbonyl (C=O) groups is 1. The van der Waals surface area contributed by atoms with E-state index in [1.165, 1.54) is 18.4 Å². The number of pyridine rings is 1. The standard InChI is InChI=1S/C27H25FN6O2/c28-20-5-3-4-18(14-20)19-7-8-22-23(15-19)33-25(32-22)9-12-29-13-10-26-34-24(17-36-26)27(35)31-16-21-6-1-2-11-30-21/h1-8,11,14-15,17,29H,9-10,12-13,16H2,(H,31,35)(H,32,33). The summed E-state index contributed by atoms with van der Waals surface area (Å²) in [6.45, 7) is 1.70. The number of aromatic nitrogens is 4. The second kappa shape index (κ2) is 10.9. The van der Waals surface area contributed by atoms with Gasteiger partial charge < -0.3 is 20.0 Å². The van der Waals surface area contributed by atoms with Gasteiger partial charge in [-0.2, -0.15) is 0 Å². The summed E-state index contributed by atoms with van der Waals surface area (Å²) in [7, 11) is 0. The lowest BCUT2D eigenvalue weighted by Crippen LogP contribution is -2.24. The topological polar surface area (TPSA) is 109 Å². The van der Waals surface area contributed by atoms with Crippen molar-refractivity contribution in [1.82, 2.24) is 30.6 Å². The van der Waals surface area contributed by atoms with Crippen LogP contribution in [0.15, 0.2) is 77.5 Å². The van der Waals surface area contributed by atoms with Gasteiger partial charge in [0.15, 0.2) is 11.6 Å². The quantitative estimate of drug-likeness (QED) is 0.258. The molecule has 0 spiro atoms. The van der Waals surface area contributed by atoms with Crippen LogP contribution in [0.1, 0.15) is 27.9 Å². The van der Waals surface area contributed by atoms with Crippen LogP contribution in [-0.2, 0) is 19.4 Å². The van der Waals surface area contributed by atoms with Crippen LogP contribution in [0, 0.1) is 5.82 Å². The number of nitrogens with one attached hydrogen (secondary N) is 3. The number of carbonyl (C=O) groups excluding carboxylic acids is 1. The normalized spacial score (nSPS) is 11.1. The Morgan fingerprint density at radius 1 is 0.972 bits per heavy atom. The zero-order chi connectivity index (χ0) is 24.7. The molecule has 2 aromatic carbocycles. The minimum atomic E-state index is -0.297. The SMILES string of the molecule is O=C(NCc1ccccn1)c1coc(CCNCCc2nc3cc(-c4cccc(F)c4)ccc3[nH]2)n1. The second-order valence-corrected chi connectivity index (χ2v) is 8.31.